The predicted octanol–water partition coefficient (Wildman–Crippen LogP) is 3.82. The fourth-order valence-corrected chi connectivity index (χ4v) is 2.91. The number of halogens is 1. The molecule has 1 aromatic heterocycles. The molecule has 0 amide bonds. The first-order chi connectivity index (χ1) is 9.93. The molecule has 0 saturated carbocycles. The van der Waals surface area contributed by atoms with Crippen molar-refractivity contribution in [3.05, 3.63) is 56.9 Å². The van der Waals surface area contributed by atoms with Gasteiger partial charge >= 0.3 is 0 Å². The lowest BCUT2D eigenvalue weighted by molar-refractivity contribution is 0.0219. The quantitative estimate of drug-likeness (QED) is 0.896. The Balaban J connectivity index is 1.98. The van der Waals surface area contributed by atoms with Gasteiger partial charge in [0, 0.05) is 28.7 Å². The second kappa shape index (κ2) is 5.22. The highest BCUT2D eigenvalue weighted by atomic mass is 79.9. The summed E-state index contributed by atoms with van der Waals surface area (Å²) in [7, 11) is 0. The zero-order valence-electron chi connectivity index (χ0n) is 11.9. The molecule has 2 aromatic rings. The number of aromatic nitrogens is 1. The minimum Gasteiger partial charge on any atom is -0.487 e. The Kier molecular flexibility index (Phi) is 3.53. The maximum absolute atomic E-state index is 11.4. The van der Waals surface area contributed by atoms with Crippen LogP contribution in [-0.4, -0.2) is 10.6 Å². The first-order valence-electron chi connectivity index (χ1n) is 6.77. The first-order valence-corrected chi connectivity index (χ1v) is 7.56. The summed E-state index contributed by atoms with van der Waals surface area (Å²) < 4.78 is 13.0. The SMILES string of the molecule is CC1(C)CC(Oc2cc[nH]c(=O)c2)c2cc(Br)ccc2O1. The number of benzene rings is 1. The zero-order chi connectivity index (χ0) is 15.0. The smallest absolute Gasteiger partial charge is 0.251 e. The van der Waals surface area contributed by atoms with E-state index in [1.54, 1.807) is 12.3 Å². The van der Waals surface area contributed by atoms with Crippen LogP contribution >= 0.6 is 15.9 Å². The lowest BCUT2D eigenvalue weighted by Crippen LogP contribution is -2.36. The summed E-state index contributed by atoms with van der Waals surface area (Å²) in [5.74, 6) is 1.39. The van der Waals surface area contributed by atoms with Gasteiger partial charge in [-0.3, -0.25) is 4.79 Å². The van der Waals surface area contributed by atoms with Crippen LogP contribution in [0.4, 0.5) is 0 Å². The predicted molar refractivity (Wildman–Crippen MR) is 83.9 cm³/mol. The van der Waals surface area contributed by atoms with Crippen molar-refractivity contribution in [2.45, 2.75) is 32.0 Å². The van der Waals surface area contributed by atoms with Crippen LogP contribution in [0.5, 0.6) is 11.5 Å². The molecule has 1 N–H and O–H groups in total. The van der Waals surface area contributed by atoms with Gasteiger partial charge in [0.1, 0.15) is 23.2 Å². The van der Waals surface area contributed by atoms with E-state index in [1.165, 1.54) is 6.07 Å². The second-order valence-corrected chi connectivity index (χ2v) is 6.66. The van der Waals surface area contributed by atoms with Gasteiger partial charge in [-0.2, -0.15) is 0 Å². The summed E-state index contributed by atoms with van der Waals surface area (Å²) in [5, 5.41) is 0. The van der Waals surface area contributed by atoms with Gasteiger partial charge in [-0.05, 0) is 38.1 Å². The van der Waals surface area contributed by atoms with Gasteiger partial charge in [-0.1, -0.05) is 15.9 Å². The van der Waals surface area contributed by atoms with Crippen LogP contribution in [0.1, 0.15) is 31.9 Å². The molecule has 0 spiro atoms. The van der Waals surface area contributed by atoms with E-state index in [9.17, 15) is 4.79 Å². The van der Waals surface area contributed by atoms with Gasteiger partial charge in [-0.25, -0.2) is 0 Å². The van der Waals surface area contributed by atoms with E-state index in [1.807, 2.05) is 32.0 Å². The van der Waals surface area contributed by atoms with Crippen molar-refractivity contribution in [3.8, 4) is 11.5 Å². The van der Waals surface area contributed by atoms with Crippen molar-refractivity contribution in [1.29, 1.82) is 0 Å². The third-order valence-corrected chi connectivity index (χ3v) is 3.90. The van der Waals surface area contributed by atoms with E-state index in [0.717, 1.165) is 15.8 Å². The summed E-state index contributed by atoms with van der Waals surface area (Å²) >= 11 is 3.48. The Morgan fingerprint density at radius 1 is 1.33 bits per heavy atom. The molecule has 1 atom stereocenters. The second-order valence-electron chi connectivity index (χ2n) is 5.74. The van der Waals surface area contributed by atoms with E-state index in [2.05, 4.69) is 20.9 Å². The molecule has 4 nitrogen and oxygen atoms in total. The molecule has 110 valence electrons. The molecular formula is C16H16BrNO3. The van der Waals surface area contributed by atoms with Crippen LogP contribution in [0.25, 0.3) is 0 Å². The van der Waals surface area contributed by atoms with E-state index < -0.39 is 0 Å². The van der Waals surface area contributed by atoms with Crippen molar-refractivity contribution in [3.63, 3.8) is 0 Å². The van der Waals surface area contributed by atoms with Crippen molar-refractivity contribution in [1.82, 2.24) is 4.98 Å². The minimum absolute atomic E-state index is 0.150. The zero-order valence-corrected chi connectivity index (χ0v) is 13.4. The van der Waals surface area contributed by atoms with Crippen LogP contribution in [0.2, 0.25) is 0 Å². The minimum atomic E-state index is -0.313. The third-order valence-electron chi connectivity index (χ3n) is 3.41. The van der Waals surface area contributed by atoms with Crippen LogP contribution in [0.3, 0.4) is 0 Å². The molecule has 21 heavy (non-hydrogen) atoms. The lowest BCUT2D eigenvalue weighted by atomic mass is 9.91. The van der Waals surface area contributed by atoms with Gasteiger partial charge in [0.15, 0.2) is 0 Å². The van der Waals surface area contributed by atoms with Crippen LogP contribution < -0.4 is 15.0 Å². The Bertz CT molecular complexity index is 723. The molecule has 2 heterocycles. The molecule has 0 saturated heterocycles. The highest BCUT2D eigenvalue weighted by molar-refractivity contribution is 9.10. The van der Waals surface area contributed by atoms with Gasteiger partial charge in [0.25, 0.3) is 5.56 Å². The largest absolute Gasteiger partial charge is 0.487 e. The Labute approximate surface area is 131 Å². The number of hydrogen-bond donors (Lipinski definition) is 1. The van der Waals surface area contributed by atoms with E-state index in [0.29, 0.717) is 12.2 Å². The Hall–Kier alpha value is -1.75. The number of hydrogen-bond acceptors (Lipinski definition) is 3. The van der Waals surface area contributed by atoms with Gasteiger partial charge in [0.05, 0.1) is 0 Å². The third kappa shape index (κ3) is 3.13. The average Bonchev–Trinajstić information content (AvgIpc) is 2.39. The Morgan fingerprint density at radius 3 is 2.90 bits per heavy atom. The van der Waals surface area contributed by atoms with Gasteiger partial charge in [-0.15, -0.1) is 0 Å². The number of aromatic amines is 1. The lowest BCUT2D eigenvalue weighted by Gasteiger charge is -2.37. The fraction of sp³-hybridized carbons (Fsp3) is 0.312. The van der Waals surface area contributed by atoms with Crippen molar-refractivity contribution < 1.29 is 9.47 Å². The highest BCUT2D eigenvalue weighted by Gasteiger charge is 2.35. The molecule has 1 aliphatic heterocycles. The number of rotatable bonds is 2. The summed E-state index contributed by atoms with van der Waals surface area (Å²) in [6.07, 6.45) is 2.15. The summed E-state index contributed by atoms with van der Waals surface area (Å²) in [6.45, 7) is 4.07. The molecule has 1 aliphatic rings. The molecule has 1 unspecified atom stereocenters. The standard InChI is InChI=1S/C16H16BrNO3/c1-16(2)9-14(20-11-5-6-18-15(19)8-11)12-7-10(17)3-4-13(12)21-16/h3-8,14H,9H2,1-2H3,(H,18,19). The van der Waals surface area contributed by atoms with Gasteiger partial charge in [0.2, 0.25) is 0 Å². The Morgan fingerprint density at radius 2 is 2.14 bits per heavy atom. The molecule has 5 heteroatoms. The highest BCUT2D eigenvalue weighted by Crippen LogP contribution is 2.42. The molecule has 1 aromatic carbocycles. The molecule has 0 bridgehead atoms. The number of fused-ring (bicyclic) bond motifs is 1. The number of pyridine rings is 1. The van der Waals surface area contributed by atoms with Crippen LogP contribution in [0, 0.1) is 0 Å². The molecule has 0 fully saturated rings. The number of H-pyrrole nitrogens is 1. The maximum atomic E-state index is 11.4. The fourth-order valence-electron chi connectivity index (χ4n) is 2.53. The molecule has 3 rings (SSSR count). The van der Waals surface area contributed by atoms with Crippen LogP contribution in [0.15, 0.2) is 45.8 Å². The normalized spacial score (nSPS) is 19.5. The van der Waals surface area contributed by atoms with Crippen molar-refractivity contribution >= 4 is 15.9 Å². The van der Waals surface area contributed by atoms with E-state index in [-0.39, 0.29) is 17.3 Å². The van der Waals surface area contributed by atoms with Crippen LogP contribution in [-0.2, 0) is 0 Å². The van der Waals surface area contributed by atoms with Crippen molar-refractivity contribution in [2.75, 3.05) is 0 Å². The van der Waals surface area contributed by atoms with E-state index >= 15 is 0 Å². The summed E-state index contributed by atoms with van der Waals surface area (Å²) in [6, 6.07) is 9.10. The summed E-state index contributed by atoms with van der Waals surface area (Å²) in [4.78, 5) is 14.0. The van der Waals surface area contributed by atoms with E-state index in [4.69, 9.17) is 9.47 Å². The topological polar surface area (TPSA) is 51.3 Å². The average molecular weight is 350 g/mol. The van der Waals surface area contributed by atoms with Gasteiger partial charge < -0.3 is 14.5 Å². The summed E-state index contributed by atoms with van der Waals surface area (Å²) in [5.41, 5.74) is 0.504. The molecular weight excluding hydrogens is 334 g/mol. The monoisotopic (exact) mass is 349 g/mol. The molecule has 0 radical (unpaired) electrons. The number of ether oxygens (including phenoxy) is 2. The maximum Gasteiger partial charge on any atom is 0.251 e. The molecule has 0 aliphatic carbocycles. The van der Waals surface area contributed by atoms with Crippen molar-refractivity contribution in [2.24, 2.45) is 0 Å². The number of nitrogens with one attached hydrogen (secondary N) is 1. The first kappa shape index (κ1) is 14.2.